The average molecular weight is 255 g/mol. The van der Waals surface area contributed by atoms with Crippen molar-refractivity contribution in [1.29, 1.82) is 0 Å². The van der Waals surface area contributed by atoms with Gasteiger partial charge in [-0.3, -0.25) is 0 Å². The zero-order valence-electron chi connectivity index (χ0n) is 12.8. The third kappa shape index (κ3) is 2.48. The highest BCUT2D eigenvalue weighted by atomic mass is 28.2. The molecule has 1 nitrogen and oxygen atoms in total. The first-order valence-electron chi connectivity index (χ1n) is 7.23. The largest absolute Gasteiger partial charge is 0.424 e. The van der Waals surface area contributed by atoms with Crippen molar-refractivity contribution in [3.63, 3.8) is 0 Å². The molecule has 1 rings (SSSR count). The van der Waals surface area contributed by atoms with Gasteiger partial charge in [0.25, 0.3) is 0 Å². The standard InChI is InChI=1S/C15H31OSi/c1-10(2)14(16-17)15(11(3)4,12(5)6)13-8-7-9-13/h7,10-14H,8-9H2,1-6,17H3. The maximum absolute atomic E-state index is 6.08. The summed E-state index contributed by atoms with van der Waals surface area (Å²) in [6, 6.07) is 0. The zero-order valence-corrected chi connectivity index (χ0v) is 14.8. The molecule has 1 radical (unpaired) electrons. The van der Waals surface area contributed by atoms with Crippen molar-refractivity contribution in [2.45, 2.75) is 60.5 Å². The Balaban J connectivity index is 3.12. The highest BCUT2D eigenvalue weighted by molar-refractivity contribution is 5.98. The molecule has 0 aromatic rings. The monoisotopic (exact) mass is 255 g/mol. The average Bonchev–Trinajstić information content (AvgIpc) is 2.12. The molecular formula is C15H31OSi. The molecule has 0 aromatic heterocycles. The second-order valence-electron chi connectivity index (χ2n) is 6.67. The van der Waals surface area contributed by atoms with Gasteiger partial charge in [-0.15, -0.1) is 0 Å². The summed E-state index contributed by atoms with van der Waals surface area (Å²) in [5, 5.41) is 0. The lowest BCUT2D eigenvalue weighted by atomic mass is 9.51. The van der Waals surface area contributed by atoms with Gasteiger partial charge < -0.3 is 4.43 Å². The van der Waals surface area contributed by atoms with Gasteiger partial charge in [0.2, 0.25) is 0 Å². The SMILES string of the molecule is CC(C)C(O[SiH3])C(C(C)C)(C(C)C)C1C[CH]C1. The molecule has 1 unspecified atom stereocenters. The molecule has 0 spiro atoms. The molecule has 0 amide bonds. The Morgan fingerprint density at radius 3 is 1.71 bits per heavy atom. The molecule has 1 saturated carbocycles. The summed E-state index contributed by atoms with van der Waals surface area (Å²) in [5.74, 6) is 2.85. The van der Waals surface area contributed by atoms with Gasteiger partial charge in [-0.1, -0.05) is 41.5 Å². The topological polar surface area (TPSA) is 9.23 Å². The van der Waals surface area contributed by atoms with Crippen LogP contribution in [0.25, 0.3) is 0 Å². The second-order valence-corrected chi connectivity index (χ2v) is 7.14. The van der Waals surface area contributed by atoms with E-state index in [0.717, 1.165) is 16.4 Å². The van der Waals surface area contributed by atoms with Crippen LogP contribution in [0.4, 0.5) is 0 Å². The van der Waals surface area contributed by atoms with Crippen LogP contribution in [0.2, 0.25) is 0 Å². The molecule has 101 valence electrons. The van der Waals surface area contributed by atoms with Crippen molar-refractivity contribution in [2.75, 3.05) is 0 Å². The lowest BCUT2D eigenvalue weighted by Gasteiger charge is -2.56. The predicted octanol–water partition coefficient (Wildman–Crippen LogP) is 3.22. The molecule has 0 aliphatic heterocycles. The third-order valence-corrected chi connectivity index (χ3v) is 5.47. The van der Waals surface area contributed by atoms with Gasteiger partial charge >= 0.3 is 0 Å². The van der Waals surface area contributed by atoms with Crippen LogP contribution in [0.15, 0.2) is 0 Å². The van der Waals surface area contributed by atoms with Gasteiger partial charge in [0, 0.05) is 5.41 Å². The minimum atomic E-state index is 0.366. The Labute approximate surface area is 111 Å². The van der Waals surface area contributed by atoms with Crippen LogP contribution in [0.5, 0.6) is 0 Å². The molecule has 1 fully saturated rings. The summed E-state index contributed by atoms with van der Waals surface area (Å²) in [5.41, 5.74) is 0.366. The molecule has 0 saturated heterocycles. The van der Waals surface area contributed by atoms with E-state index in [1.54, 1.807) is 0 Å². The first-order valence-corrected chi connectivity index (χ1v) is 8.05. The second kappa shape index (κ2) is 5.88. The van der Waals surface area contributed by atoms with Crippen LogP contribution in [0.1, 0.15) is 54.4 Å². The molecule has 1 atom stereocenters. The summed E-state index contributed by atoms with van der Waals surface area (Å²) < 4.78 is 6.08. The first kappa shape index (κ1) is 15.2. The van der Waals surface area contributed by atoms with E-state index in [2.05, 4.69) is 48.0 Å². The Morgan fingerprint density at radius 1 is 1.06 bits per heavy atom. The van der Waals surface area contributed by atoms with Gasteiger partial charge in [-0.2, -0.15) is 0 Å². The van der Waals surface area contributed by atoms with E-state index in [1.165, 1.54) is 12.8 Å². The summed E-state index contributed by atoms with van der Waals surface area (Å²) in [7, 11) is 0.855. The number of hydrogen-bond donors (Lipinski definition) is 0. The normalized spacial score (nSPS) is 20.3. The highest BCUT2D eigenvalue weighted by Crippen LogP contribution is 2.55. The Morgan fingerprint density at radius 2 is 1.53 bits per heavy atom. The van der Waals surface area contributed by atoms with Crippen LogP contribution in [-0.4, -0.2) is 16.6 Å². The molecule has 2 heteroatoms. The summed E-state index contributed by atoms with van der Waals surface area (Å²) in [6.45, 7) is 14.2. The van der Waals surface area contributed by atoms with Gasteiger partial charge in [0.05, 0.1) is 6.10 Å². The van der Waals surface area contributed by atoms with Gasteiger partial charge in [0.15, 0.2) is 0 Å². The van der Waals surface area contributed by atoms with Gasteiger partial charge in [-0.05, 0) is 42.9 Å². The molecular weight excluding hydrogens is 224 g/mol. The predicted molar refractivity (Wildman–Crippen MR) is 78.8 cm³/mol. The molecule has 1 aliphatic carbocycles. The molecule has 0 aromatic carbocycles. The lowest BCUT2D eigenvalue weighted by molar-refractivity contribution is -0.107. The number of rotatable bonds is 6. The molecule has 0 bridgehead atoms. The van der Waals surface area contributed by atoms with E-state index in [-0.39, 0.29) is 0 Å². The first-order chi connectivity index (χ1) is 7.88. The maximum atomic E-state index is 6.08. The van der Waals surface area contributed by atoms with E-state index in [4.69, 9.17) is 4.43 Å². The fourth-order valence-electron chi connectivity index (χ4n) is 4.29. The highest BCUT2D eigenvalue weighted by Gasteiger charge is 2.52. The summed E-state index contributed by atoms with van der Waals surface area (Å²) in [4.78, 5) is 0. The fraction of sp³-hybridized carbons (Fsp3) is 0.933. The van der Waals surface area contributed by atoms with Gasteiger partial charge in [-0.25, -0.2) is 0 Å². The van der Waals surface area contributed by atoms with Crippen LogP contribution >= 0.6 is 0 Å². The van der Waals surface area contributed by atoms with Crippen LogP contribution < -0.4 is 0 Å². The zero-order chi connectivity index (χ0) is 13.2. The Bertz CT molecular complexity index is 223. The summed E-state index contributed by atoms with van der Waals surface area (Å²) >= 11 is 0. The summed E-state index contributed by atoms with van der Waals surface area (Å²) in [6.07, 6.45) is 5.47. The van der Waals surface area contributed by atoms with E-state index in [0.29, 0.717) is 29.3 Å². The van der Waals surface area contributed by atoms with E-state index in [1.807, 2.05) is 0 Å². The van der Waals surface area contributed by atoms with E-state index < -0.39 is 0 Å². The molecule has 0 heterocycles. The Kier molecular flexibility index (Phi) is 5.27. The molecule has 17 heavy (non-hydrogen) atoms. The molecule has 1 aliphatic rings. The van der Waals surface area contributed by atoms with Crippen molar-refractivity contribution in [1.82, 2.24) is 0 Å². The fourth-order valence-corrected chi connectivity index (χ4v) is 5.25. The number of hydrogen-bond acceptors (Lipinski definition) is 1. The van der Waals surface area contributed by atoms with Crippen molar-refractivity contribution >= 4 is 10.5 Å². The minimum absolute atomic E-state index is 0.366. The van der Waals surface area contributed by atoms with Crippen LogP contribution in [0.3, 0.4) is 0 Å². The van der Waals surface area contributed by atoms with Crippen molar-refractivity contribution in [2.24, 2.45) is 29.1 Å². The molecule has 0 N–H and O–H groups in total. The van der Waals surface area contributed by atoms with Crippen LogP contribution in [-0.2, 0) is 4.43 Å². The Hall–Kier alpha value is 0.177. The quantitative estimate of drug-likeness (QED) is 0.662. The van der Waals surface area contributed by atoms with Crippen LogP contribution in [0, 0.1) is 35.5 Å². The maximum Gasteiger partial charge on any atom is 0.146 e. The minimum Gasteiger partial charge on any atom is -0.424 e. The third-order valence-electron chi connectivity index (χ3n) is 4.96. The van der Waals surface area contributed by atoms with Crippen molar-refractivity contribution in [3.8, 4) is 0 Å². The van der Waals surface area contributed by atoms with Crippen molar-refractivity contribution in [3.05, 3.63) is 6.42 Å². The van der Waals surface area contributed by atoms with Crippen molar-refractivity contribution < 1.29 is 4.43 Å². The lowest BCUT2D eigenvalue weighted by Crippen LogP contribution is -2.54. The van der Waals surface area contributed by atoms with Gasteiger partial charge in [0.1, 0.15) is 10.5 Å². The van der Waals surface area contributed by atoms with E-state index in [9.17, 15) is 0 Å². The smallest absolute Gasteiger partial charge is 0.146 e. The van der Waals surface area contributed by atoms with E-state index >= 15 is 0 Å².